The highest BCUT2D eigenvalue weighted by Gasteiger charge is 2.26. The quantitative estimate of drug-likeness (QED) is 0.761. The minimum atomic E-state index is -0.290. The van der Waals surface area contributed by atoms with Crippen LogP contribution in [0.25, 0.3) is 15.9 Å². The molecule has 0 aromatic carbocycles. The van der Waals surface area contributed by atoms with E-state index in [0.717, 1.165) is 42.3 Å². The number of nitrogens with zero attached hydrogens (tertiary/aromatic N) is 4. The first kappa shape index (κ1) is 16.0. The van der Waals surface area contributed by atoms with Crippen molar-refractivity contribution < 1.29 is 4.79 Å². The monoisotopic (exact) mass is 371 g/mol. The van der Waals surface area contributed by atoms with Crippen molar-refractivity contribution in [2.24, 2.45) is 5.92 Å². The Morgan fingerprint density at radius 3 is 2.92 bits per heavy atom. The number of hydrogen-bond donors (Lipinski definition) is 1. The molecule has 0 saturated heterocycles. The smallest absolute Gasteiger partial charge is 0.352 e. The maximum Gasteiger partial charge on any atom is 0.352 e. The van der Waals surface area contributed by atoms with Crippen LogP contribution < -0.4 is 11.0 Å². The van der Waals surface area contributed by atoms with Crippen LogP contribution in [0.5, 0.6) is 0 Å². The predicted molar refractivity (Wildman–Crippen MR) is 99.7 cm³/mol. The molecule has 7 nitrogen and oxygen atoms in total. The fourth-order valence-corrected chi connectivity index (χ4v) is 5.27. The first-order valence-electron chi connectivity index (χ1n) is 9.21. The Labute approximate surface area is 154 Å². The van der Waals surface area contributed by atoms with Gasteiger partial charge in [0, 0.05) is 10.9 Å². The minimum Gasteiger partial charge on any atom is -0.352 e. The SMILES string of the molecule is Cc1nc2sc3c(c2c2nn(CC(=O)NC4CC4)c(=O)n12)CC[C@@H](C)C3. The van der Waals surface area contributed by atoms with E-state index < -0.39 is 0 Å². The van der Waals surface area contributed by atoms with Gasteiger partial charge >= 0.3 is 5.69 Å². The van der Waals surface area contributed by atoms with E-state index in [-0.39, 0.29) is 24.2 Å². The largest absolute Gasteiger partial charge is 0.352 e. The number of aromatic nitrogens is 4. The molecule has 1 atom stereocenters. The zero-order chi connectivity index (χ0) is 18.0. The first-order chi connectivity index (χ1) is 12.5. The van der Waals surface area contributed by atoms with Gasteiger partial charge in [0.25, 0.3) is 0 Å². The van der Waals surface area contributed by atoms with Gasteiger partial charge in [-0.2, -0.15) is 0 Å². The van der Waals surface area contributed by atoms with Crippen molar-refractivity contribution in [1.29, 1.82) is 0 Å². The van der Waals surface area contributed by atoms with Gasteiger partial charge in [0.2, 0.25) is 5.91 Å². The van der Waals surface area contributed by atoms with Crippen LogP contribution in [-0.4, -0.2) is 31.1 Å². The summed E-state index contributed by atoms with van der Waals surface area (Å²) in [7, 11) is 0. The van der Waals surface area contributed by atoms with E-state index in [0.29, 0.717) is 17.4 Å². The minimum absolute atomic E-state index is 0.0404. The van der Waals surface area contributed by atoms with Gasteiger partial charge in [0.15, 0.2) is 5.65 Å². The van der Waals surface area contributed by atoms with Gasteiger partial charge in [-0.1, -0.05) is 6.92 Å². The molecule has 1 saturated carbocycles. The van der Waals surface area contributed by atoms with E-state index in [1.807, 2.05) is 6.92 Å². The standard InChI is InChI=1S/C18H21N5O2S/c1-9-3-6-12-13(7-9)26-17-15(12)16-21-22(8-14(24)20-11-4-5-11)18(25)23(16)10(2)19-17/h9,11H,3-8H2,1-2H3,(H,20,24)/t9-/m1/s1. The van der Waals surface area contributed by atoms with Crippen LogP contribution in [0.2, 0.25) is 0 Å². The summed E-state index contributed by atoms with van der Waals surface area (Å²) >= 11 is 1.72. The molecular weight excluding hydrogens is 350 g/mol. The third kappa shape index (κ3) is 2.46. The molecule has 0 bridgehead atoms. The molecule has 1 fully saturated rings. The highest BCUT2D eigenvalue weighted by molar-refractivity contribution is 7.19. The molecule has 3 aromatic heterocycles. The van der Waals surface area contributed by atoms with Crippen LogP contribution in [0.15, 0.2) is 4.79 Å². The van der Waals surface area contributed by atoms with Gasteiger partial charge in [0.05, 0.1) is 5.39 Å². The van der Waals surface area contributed by atoms with Gasteiger partial charge in [-0.05, 0) is 50.5 Å². The van der Waals surface area contributed by atoms with Crippen LogP contribution in [0.3, 0.4) is 0 Å². The molecule has 26 heavy (non-hydrogen) atoms. The number of aryl methyl sites for hydroxylation is 2. The highest BCUT2D eigenvalue weighted by Crippen LogP contribution is 2.38. The summed E-state index contributed by atoms with van der Waals surface area (Å²) in [5.74, 6) is 1.15. The van der Waals surface area contributed by atoms with Crippen molar-refractivity contribution in [1.82, 2.24) is 24.5 Å². The number of amides is 1. The van der Waals surface area contributed by atoms with Gasteiger partial charge in [-0.3, -0.25) is 4.79 Å². The van der Waals surface area contributed by atoms with Crippen molar-refractivity contribution in [3.05, 3.63) is 26.7 Å². The number of fused-ring (bicyclic) bond motifs is 5. The number of rotatable bonds is 3. The summed E-state index contributed by atoms with van der Waals surface area (Å²) in [6.45, 7) is 4.06. The number of carbonyl (C=O) groups is 1. The zero-order valence-corrected chi connectivity index (χ0v) is 15.7. The molecule has 0 unspecified atom stereocenters. The number of carbonyl (C=O) groups excluding carboxylic acids is 1. The van der Waals surface area contributed by atoms with Crippen molar-refractivity contribution in [2.75, 3.05) is 0 Å². The summed E-state index contributed by atoms with van der Waals surface area (Å²) in [6.07, 6.45) is 5.26. The van der Waals surface area contributed by atoms with E-state index in [9.17, 15) is 9.59 Å². The Balaban J connectivity index is 1.66. The fraction of sp³-hybridized carbons (Fsp3) is 0.556. The van der Waals surface area contributed by atoms with E-state index in [1.165, 1.54) is 15.1 Å². The average molecular weight is 371 g/mol. The van der Waals surface area contributed by atoms with E-state index in [4.69, 9.17) is 0 Å². The lowest BCUT2D eigenvalue weighted by Crippen LogP contribution is -2.34. The van der Waals surface area contributed by atoms with Crippen LogP contribution in [0, 0.1) is 12.8 Å². The molecule has 136 valence electrons. The van der Waals surface area contributed by atoms with Crippen molar-refractivity contribution in [3.8, 4) is 0 Å². The summed E-state index contributed by atoms with van der Waals surface area (Å²) in [4.78, 5) is 31.9. The zero-order valence-electron chi connectivity index (χ0n) is 14.9. The molecule has 3 heterocycles. The third-order valence-electron chi connectivity index (χ3n) is 5.38. The lowest BCUT2D eigenvalue weighted by molar-refractivity contribution is -0.122. The second kappa shape index (κ2) is 5.64. The molecule has 0 radical (unpaired) electrons. The summed E-state index contributed by atoms with van der Waals surface area (Å²) in [5.41, 5.74) is 1.64. The maximum atomic E-state index is 12.8. The Morgan fingerprint density at radius 2 is 2.15 bits per heavy atom. The molecule has 1 amide bonds. The normalized spacial score (nSPS) is 19.8. The van der Waals surface area contributed by atoms with Gasteiger partial charge in [-0.15, -0.1) is 16.4 Å². The Kier molecular flexibility index (Phi) is 3.47. The topological polar surface area (TPSA) is 81.3 Å². The second-order valence-electron chi connectivity index (χ2n) is 7.63. The first-order valence-corrected chi connectivity index (χ1v) is 10.0. The van der Waals surface area contributed by atoms with E-state index >= 15 is 0 Å². The van der Waals surface area contributed by atoms with Gasteiger partial charge in [0.1, 0.15) is 17.2 Å². The molecule has 5 rings (SSSR count). The van der Waals surface area contributed by atoms with E-state index in [2.05, 4.69) is 22.3 Å². The molecule has 0 aliphatic heterocycles. The highest BCUT2D eigenvalue weighted by atomic mass is 32.1. The number of thiophene rings is 1. The van der Waals surface area contributed by atoms with Crippen LogP contribution in [0.4, 0.5) is 0 Å². The van der Waals surface area contributed by atoms with Crippen molar-refractivity contribution >= 4 is 33.1 Å². The fourth-order valence-electron chi connectivity index (χ4n) is 3.84. The summed E-state index contributed by atoms with van der Waals surface area (Å²) in [6, 6.07) is 0.274. The third-order valence-corrected chi connectivity index (χ3v) is 6.53. The maximum absolute atomic E-state index is 12.8. The summed E-state index contributed by atoms with van der Waals surface area (Å²) in [5, 5.41) is 8.46. The molecule has 8 heteroatoms. The molecule has 2 aliphatic carbocycles. The van der Waals surface area contributed by atoms with Crippen LogP contribution >= 0.6 is 11.3 Å². The molecule has 3 aromatic rings. The van der Waals surface area contributed by atoms with Gasteiger partial charge < -0.3 is 5.32 Å². The lowest BCUT2D eigenvalue weighted by atomic mass is 9.89. The summed E-state index contributed by atoms with van der Waals surface area (Å²) < 4.78 is 2.83. The average Bonchev–Trinajstić information content (AvgIpc) is 3.23. The molecule has 0 spiro atoms. The number of hydrogen-bond acceptors (Lipinski definition) is 5. The Hall–Kier alpha value is -2.22. The van der Waals surface area contributed by atoms with Crippen LogP contribution in [-0.2, 0) is 24.2 Å². The molecular formula is C18H21N5O2S. The van der Waals surface area contributed by atoms with Crippen LogP contribution in [0.1, 0.15) is 42.5 Å². The van der Waals surface area contributed by atoms with Crippen molar-refractivity contribution in [2.45, 2.75) is 58.5 Å². The molecule has 2 aliphatic rings. The number of nitrogens with one attached hydrogen (secondary N) is 1. The predicted octanol–water partition coefficient (Wildman–Crippen LogP) is 1.82. The van der Waals surface area contributed by atoms with E-state index in [1.54, 1.807) is 15.7 Å². The Morgan fingerprint density at radius 1 is 1.35 bits per heavy atom. The molecule has 1 N–H and O–H groups in total. The second-order valence-corrected chi connectivity index (χ2v) is 8.72. The van der Waals surface area contributed by atoms with Gasteiger partial charge in [-0.25, -0.2) is 18.9 Å². The van der Waals surface area contributed by atoms with Crippen molar-refractivity contribution in [3.63, 3.8) is 0 Å². The Bertz CT molecular complexity index is 1100. The lowest BCUT2D eigenvalue weighted by Gasteiger charge is -2.17.